The van der Waals surface area contributed by atoms with Gasteiger partial charge in [-0.3, -0.25) is 4.79 Å². The van der Waals surface area contributed by atoms with E-state index in [9.17, 15) is 4.79 Å². The van der Waals surface area contributed by atoms with Crippen LogP contribution in [0.3, 0.4) is 0 Å². The van der Waals surface area contributed by atoms with E-state index in [0.717, 1.165) is 15.8 Å². The fourth-order valence-electron chi connectivity index (χ4n) is 2.17. The molecule has 0 aliphatic carbocycles. The van der Waals surface area contributed by atoms with Gasteiger partial charge in [0.2, 0.25) is 0 Å². The summed E-state index contributed by atoms with van der Waals surface area (Å²) in [5.41, 5.74) is 15.6. The molecule has 0 aliphatic rings. The predicted octanol–water partition coefficient (Wildman–Crippen LogP) is 1.86. The zero-order chi connectivity index (χ0) is 14.3. The quantitative estimate of drug-likeness (QED) is 0.767. The SMILES string of the molecule is CCn1nc(-c2ccc3scnc3c2)c(C(N)=O)c1N. The van der Waals surface area contributed by atoms with Crippen molar-refractivity contribution in [1.29, 1.82) is 0 Å². The van der Waals surface area contributed by atoms with Crippen LogP contribution < -0.4 is 11.5 Å². The number of hydrogen-bond donors (Lipinski definition) is 2. The van der Waals surface area contributed by atoms with Crippen LogP contribution >= 0.6 is 11.3 Å². The molecule has 20 heavy (non-hydrogen) atoms. The maximum Gasteiger partial charge on any atom is 0.254 e. The topological polar surface area (TPSA) is 99.8 Å². The van der Waals surface area contributed by atoms with Crippen LogP contribution in [0.15, 0.2) is 23.7 Å². The minimum atomic E-state index is -0.574. The largest absolute Gasteiger partial charge is 0.383 e. The maximum atomic E-state index is 11.6. The number of hydrogen-bond acceptors (Lipinski definition) is 5. The van der Waals surface area contributed by atoms with E-state index in [2.05, 4.69) is 10.1 Å². The van der Waals surface area contributed by atoms with Crippen molar-refractivity contribution in [3.63, 3.8) is 0 Å². The van der Waals surface area contributed by atoms with Crippen LogP contribution in [-0.4, -0.2) is 20.7 Å². The summed E-state index contributed by atoms with van der Waals surface area (Å²) in [4.78, 5) is 15.9. The van der Waals surface area contributed by atoms with Gasteiger partial charge >= 0.3 is 0 Å². The zero-order valence-electron chi connectivity index (χ0n) is 10.8. The van der Waals surface area contributed by atoms with Crippen molar-refractivity contribution < 1.29 is 4.79 Å². The second kappa shape index (κ2) is 4.61. The number of amides is 1. The van der Waals surface area contributed by atoms with E-state index in [0.29, 0.717) is 18.1 Å². The number of fused-ring (bicyclic) bond motifs is 1. The number of nitrogen functional groups attached to an aromatic ring is 1. The van der Waals surface area contributed by atoms with E-state index in [4.69, 9.17) is 11.5 Å². The van der Waals surface area contributed by atoms with E-state index in [1.165, 1.54) is 0 Å². The molecule has 7 heteroatoms. The number of thiazole rings is 1. The Labute approximate surface area is 119 Å². The Morgan fingerprint density at radius 1 is 1.45 bits per heavy atom. The summed E-state index contributed by atoms with van der Waals surface area (Å²) >= 11 is 1.56. The van der Waals surface area contributed by atoms with Gasteiger partial charge in [-0.25, -0.2) is 9.67 Å². The molecule has 2 aromatic heterocycles. The first-order valence-electron chi connectivity index (χ1n) is 6.11. The molecule has 0 saturated carbocycles. The third-order valence-corrected chi connectivity index (χ3v) is 3.95. The standard InChI is InChI=1S/C13H13N5OS/c1-2-18-12(14)10(13(15)19)11(17-18)7-3-4-9-8(5-7)16-6-20-9/h3-6H,2,14H2,1H3,(H2,15,19). The van der Waals surface area contributed by atoms with Crippen molar-refractivity contribution >= 4 is 33.3 Å². The van der Waals surface area contributed by atoms with Crippen molar-refractivity contribution in [1.82, 2.24) is 14.8 Å². The number of carbonyl (C=O) groups is 1. The minimum absolute atomic E-state index is 0.265. The summed E-state index contributed by atoms with van der Waals surface area (Å²) in [5, 5.41) is 4.38. The van der Waals surface area contributed by atoms with E-state index in [1.54, 1.807) is 21.5 Å². The van der Waals surface area contributed by atoms with Gasteiger partial charge in [-0.05, 0) is 19.1 Å². The Morgan fingerprint density at radius 3 is 2.95 bits per heavy atom. The average Bonchev–Trinajstić information content (AvgIpc) is 3.01. The van der Waals surface area contributed by atoms with Crippen molar-refractivity contribution in [2.75, 3.05) is 5.73 Å². The number of aromatic nitrogens is 3. The molecule has 2 heterocycles. The Hall–Kier alpha value is -2.41. The van der Waals surface area contributed by atoms with Crippen LogP contribution in [0, 0.1) is 0 Å². The fraction of sp³-hybridized carbons (Fsp3) is 0.154. The molecular formula is C13H13N5OS. The number of benzene rings is 1. The second-order valence-electron chi connectivity index (χ2n) is 4.32. The first-order valence-corrected chi connectivity index (χ1v) is 6.99. The molecule has 0 saturated heterocycles. The molecule has 0 bridgehead atoms. The third-order valence-electron chi connectivity index (χ3n) is 3.14. The Morgan fingerprint density at radius 2 is 2.25 bits per heavy atom. The van der Waals surface area contributed by atoms with Crippen molar-refractivity contribution in [2.24, 2.45) is 5.73 Å². The lowest BCUT2D eigenvalue weighted by Gasteiger charge is -2.00. The number of rotatable bonds is 3. The zero-order valence-corrected chi connectivity index (χ0v) is 11.6. The van der Waals surface area contributed by atoms with Gasteiger partial charge in [0.25, 0.3) is 5.91 Å². The number of nitrogens with two attached hydrogens (primary N) is 2. The van der Waals surface area contributed by atoms with Crippen LogP contribution in [-0.2, 0) is 6.54 Å². The van der Waals surface area contributed by atoms with Crippen LogP contribution in [0.4, 0.5) is 5.82 Å². The molecular weight excluding hydrogens is 274 g/mol. The molecule has 0 radical (unpaired) electrons. The highest BCUT2D eigenvalue weighted by Gasteiger charge is 2.21. The van der Waals surface area contributed by atoms with E-state index in [1.807, 2.05) is 25.1 Å². The molecule has 0 spiro atoms. The lowest BCUT2D eigenvalue weighted by atomic mass is 10.1. The van der Waals surface area contributed by atoms with Gasteiger partial charge in [-0.1, -0.05) is 6.07 Å². The molecule has 1 aromatic carbocycles. The summed E-state index contributed by atoms with van der Waals surface area (Å²) in [7, 11) is 0. The monoisotopic (exact) mass is 287 g/mol. The first kappa shape index (κ1) is 12.6. The van der Waals surface area contributed by atoms with Crippen molar-refractivity contribution in [2.45, 2.75) is 13.5 Å². The molecule has 1 amide bonds. The molecule has 4 N–H and O–H groups in total. The van der Waals surface area contributed by atoms with Crippen LogP contribution in [0.5, 0.6) is 0 Å². The van der Waals surface area contributed by atoms with Gasteiger partial charge in [-0.2, -0.15) is 5.10 Å². The summed E-state index contributed by atoms with van der Waals surface area (Å²) in [6.45, 7) is 2.48. The summed E-state index contributed by atoms with van der Waals surface area (Å²) in [6.07, 6.45) is 0. The van der Waals surface area contributed by atoms with Crippen molar-refractivity contribution in [3.05, 3.63) is 29.3 Å². The molecule has 3 aromatic rings. The van der Waals surface area contributed by atoms with Gasteiger partial charge in [0.15, 0.2) is 0 Å². The maximum absolute atomic E-state index is 11.6. The van der Waals surface area contributed by atoms with Crippen LogP contribution in [0.2, 0.25) is 0 Å². The van der Waals surface area contributed by atoms with Gasteiger partial charge in [-0.15, -0.1) is 11.3 Å². The van der Waals surface area contributed by atoms with E-state index in [-0.39, 0.29) is 5.56 Å². The van der Waals surface area contributed by atoms with Crippen molar-refractivity contribution in [3.8, 4) is 11.3 Å². The second-order valence-corrected chi connectivity index (χ2v) is 5.21. The fourth-order valence-corrected chi connectivity index (χ4v) is 2.82. The Bertz CT molecular complexity index is 804. The molecule has 0 unspecified atom stereocenters. The van der Waals surface area contributed by atoms with Crippen LogP contribution in [0.1, 0.15) is 17.3 Å². The Kier molecular flexibility index (Phi) is 2.90. The normalized spacial score (nSPS) is 11.1. The van der Waals surface area contributed by atoms with Crippen LogP contribution in [0.25, 0.3) is 21.5 Å². The highest BCUT2D eigenvalue weighted by molar-refractivity contribution is 7.16. The molecule has 102 valence electrons. The smallest absolute Gasteiger partial charge is 0.254 e. The molecule has 0 atom stereocenters. The predicted molar refractivity (Wildman–Crippen MR) is 79.4 cm³/mol. The number of aryl methyl sites for hydroxylation is 1. The molecule has 0 aliphatic heterocycles. The lowest BCUT2D eigenvalue weighted by Crippen LogP contribution is -2.14. The van der Waals surface area contributed by atoms with Gasteiger partial charge in [0, 0.05) is 12.1 Å². The molecule has 3 rings (SSSR count). The number of anilines is 1. The highest BCUT2D eigenvalue weighted by atomic mass is 32.1. The first-order chi connectivity index (χ1) is 9.61. The highest BCUT2D eigenvalue weighted by Crippen LogP contribution is 2.30. The number of nitrogens with zero attached hydrogens (tertiary/aromatic N) is 3. The summed E-state index contributed by atoms with van der Waals surface area (Å²) in [5.74, 6) is -0.274. The summed E-state index contributed by atoms with van der Waals surface area (Å²) in [6, 6.07) is 5.74. The Balaban J connectivity index is 2.24. The number of carbonyl (C=O) groups excluding carboxylic acids is 1. The molecule has 0 fully saturated rings. The average molecular weight is 287 g/mol. The number of primary amides is 1. The van der Waals surface area contributed by atoms with Gasteiger partial charge in [0.05, 0.1) is 15.7 Å². The third kappa shape index (κ3) is 1.83. The van der Waals surface area contributed by atoms with E-state index >= 15 is 0 Å². The minimum Gasteiger partial charge on any atom is -0.383 e. The summed E-state index contributed by atoms with van der Waals surface area (Å²) < 4.78 is 2.65. The van der Waals surface area contributed by atoms with E-state index < -0.39 is 5.91 Å². The van der Waals surface area contributed by atoms with Gasteiger partial charge < -0.3 is 11.5 Å². The molecule has 6 nitrogen and oxygen atoms in total. The van der Waals surface area contributed by atoms with Gasteiger partial charge in [0.1, 0.15) is 17.1 Å². The lowest BCUT2D eigenvalue weighted by molar-refractivity contribution is 0.100.